The molecule has 1 fully saturated rings. The van der Waals surface area contributed by atoms with Gasteiger partial charge in [-0.25, -0.2) is 9.59 Å². The number of hydrogen-bond donors (Lipinski definition) is 4. The van der Waals surface area contributed by atoms with Gasteiger partial charge < -0.3 is 21.5 Å². The third kappa shape index (κ3) is 4.23. The van der Waals surface area contributed by atoms with Gasteiger partial charge in [0.1, 0.15) is 6.04 Å². The molecule has 0 aliphatic heterocycles. The number of hydrogen-bond acceptors (Lipinski definition) is 3. The molecule has 1 rings (SSSR count). The van der Waals surface area contributed by atoms with Crippen LogP contribution in [0.4, 0.5) is 4.79 Å². The first-order valence-electron chi connectivity index (χ1n) is 5.94. The molecule has 0 aromatic carbocycles. The van der Waals surface area contributed by atoms with Crippen molar-refractivity contribution in [2.75, 3.05) is 6.54 Å². The zero-order valence-corrected chi connectivity index (χ0v) is 10.4. The number of amides is 3. The summed E-state index contributed by atoms with van der Waals surface area (Å²) in [5, 5.41) is 13.7. The van der Waals surface area contributed by atoms with Crippen molar-refractivity contribution in [2.45, 2.75) is 38.6 Å². The van der Waals surface area contributed by atoms with Crippen LogP contribution in [0, 0.1) is 5.41 Å². The summed E-state index contributed by atoms with van der Waals surface area (Å²) in [5.74, 6) is -2.05. The Morgan fingerprint density at radius 2 is 2.00 bits per heavy atom. The van der Waals surface area contributed by atoms with Crippen LogP contribution in [0.15, 0.2) is 0 Å². The lowest BCUT2D eigenvalue weighted by Gasteiger charge is -2.16. The number of nitrogens with two attached hydrogens (primary N) is 1. The zero-order valence-electron chi connectivity index (χ0n) is 10.4. The van der Waals surface area contributed by atoms with E-state index in [0.717, 1.165) is 19.3 Å². The average Bonchev–Trinajstić information content (AvgIpc) is 3.05. The molecule has 0 heterocycles. The van der Waals surface area contributed by atoms with Crippen LogP contribution in [-0.2, 0) is 9.59 Å². The molecule has 0 aromatic rings. The highest BCUT2D eigenvalue weighted by Gasteiger charge is 2.40. The third-order valence-corrected chi connectivity index (χ3v) is 3.34. The lowest BCUT2D eigenvalue weighted by atomic mass is 10.0. The van der Waals surface area contributed by atoms with Crippen molar-refractivity contribution in [1.29, 1.82) is 0 Å². The van der Waals surface area contributed by atoms with Gasteiger partial charge in [0.15, 0.2) is 0 Å². The van der Waals surface area contributed by atoms with Crippen molar-refractivity contribution in [1.82, 2.24) is 10.6 Å². The normalized spacial score (nSPS) is 17.6. The number of carboxylic acids is 1. The van der Waals surface area contributed by atoms with Crippen molar-refractivity contribution in [3.05, 3.63) is 0 Å². The van der Waals surface area contributed by atoms with Gasteiger partial charge in [0, 0.05) is 6.54 Å². The number of primary amides is 1. The molecule has 0 bridgehead atoms. The number of nitrogens with one attached hydrogen (secondary N) is 2. The summed E-state index contributed by atoms with van der Waals surface area (Å²) in [7, 11) is 0. The maximum Gasteiger partial charge on any atom is 0.326 e. The van der Waals surface area contributed by atoms with Crippen LogP contribution in [-0.4, -0.2) is 35.6 Å². The first kappa shape index (κ1) is 14.3. The topological polar surface area (TPSA) is 122 Å². The van der Waals surface area contributed by atoms with Crippen LogP contribution in [0.3, 0.4) is 0 Å². The number of carboxylic acid groups (broad SMARTS) is 1. The Morgan fingerprint density at radius 1 is 1.39 bits per heavy atom. The highest BCUT2D eigenvalue weighted by atomic mass is 16.4. The minimum Gasteiger partial charge on any atom is -0.480 e. The third-order valence-electron chi connectivity index (χ3n) is 3.34. The Balaban J connectivity index is 2.36. The minimum absolute atomic E-state index is 0.180. The van der Waals surface area contributed by atoms with Crippen LogP contribution >= 0.6 is 0 Å². The maximum absolute atomic E-state index is 11.5. The number of rotatable bonds is 7. The van der Waals surface area contributed by atoms with E-state index >= 15 is 0 Å². The summed E-state index contributed by atoms with van der Waals surface area (Å²) in [6.45, 7) is 2.58. The molecule has 1 aliphatic rings. The van der Waals surface area contributed by atoms with E-state index in [-0.39, 0.29) is 5.41 Å². The molecule has 102 valence electrons. The number of aliphatic carboxylic acids is 1. The Bertz CT molecular complexity index is 352. The van der Waals surface area contributed by atoms with Crippen molar-refractivity contribution in [3.8, 4) is 0 Å². The second-order valence-corrected chi connectivity index (χ2v) is 4.74. The molecule has 1 saturated carbocycles. The molecule has 0 aromatic heterocycles. The number of carbonyl (C=O) groups excluding carboxylic acids is 2. The van der Waals surface area contributed by atoms with Gasteiger partial charge in [-0.3, -0.25) is 4.79 Å². The fourth-order valence-electron chi connectivity index (χ4n) is 1.71. The molecule has 1 aliphatic carbocycles. The summed E-state index contributed by atoms with van der Waals surface area (Å²) in [5.41, 5.74) is 5.09. The standard InChI is InChI=1S/C11H19N3O4/c1-2-11(3-4-11)6-13-10(18)14-7(9(16)17)5-8(12)15/h7H,2-6H2,1H3,(H2,12,15)(H,16,17)(H2,13,14,18)/t7-/m0/s1. The molecule has 0 unspecified atom stereocenters. The molecule has 0 saturated heterocycles. The maximum atomic E-state index is 11.5. The van der Waals surface area contributed by atoms with Gasteiger partial charge in [-0.2, -0.15) is 0 Å². The second-order valence-electron chi connectivity index (χ2n) is 4.74. The first-order valence-corrected chi connectivity index (χ1v) is 5.94. The molecule has 7 heteroatoms. The molecule has 7 nitrogen and oxygen atoms in total. The van der Waals surface area contributed by atoms with Gasteiger partial charge in [-0.15, -0.1) is 0 Å². The van der Waals surface area contributed by atoms with Crippen LogP contribution < -0.4 is 16.4 Å². The highest BCUT2D eigenvalue weighted by Crippen LogP contribution is 2.47. The van der Waals surface area contributed by atoms with Crippen molar-refractivity contribution < 1.29 is 19.5 Å². The van der Waals surface area contributed by atoms with E-state index in [1.165, 1.54) is 0 Å². The zero-order chi connectivity index (χ0) is 13.8. The summed E-state index contributed by atoms with van der Waals surface area (Å²) in [6, 6.07) is -1.86. The van der Waals surface area contributed by atoms with E-state index in [1.807, 2.05) is 0 Å². The average molecular weight is 257 g/mol. The number of urea groups is 1. The quantitative estimate of drug-likeness (QED) is 0.504. The second kappa shape index (κ2) is 5.70. The monoisotopic (exact) mass is 257 g/mol. The molecule has 18 heavy (non-hydrogen) atoms. The van der Waals surface area contributed by atoms with Gasteiger partial charge in [-0.1, -0.05) is 6.92 Å². The van der Waals surface area contributed by atoms with E-state index < -0.39 is 30.4 Å². The van der Waals surface area contributed by atoms with Gasteiger partial charge in [0.2, 0.25) is 5.91 Å². The summed E-state index contributed by atoms with van der Waals surface area (Å²) in [4.78, 5) is 32.9. The van der Waals surface area contributed by atoms with Gasteiger partial charge in [0.25, 0.3) is 0 Å². The Labute approximate surface area is 105 Å². The van der Waals surface area contributed by atoms with E-state index in [4.69, 9.17) is 10.8 Å². The van der Waals surface area contributed by atoms with Gasteiger partial charge >= 0.3 is 12.0 Å². The van der Waals surface area contributed by atoms with Crippen LogP contribution in [0.1, 0.15) is 32.6 Å². The summed E-state index contributed by atoms with van der Waals surface area (Å²) >= 11 is 0. The van der Waals surface area contributed by atoms with Crippen LogP contribution in [0.2, 0.25) is 0 Å². The summed E-state index contributed by atoms with van der Waals surface area (Å²) in [6.07, 6.45) is 2.72. The highest BCUT2D eigenvalue weighted by molar-refractivity contribution is 5.87. The molecule has 1 atom stereocenters. The minimum atomic E-state index is -1.28. The molecule has 0 radical (unpaired) electrons. The smallest absolute Gasteiger partial charge is 0.326 e. The molecule has 5 N–H and O–H groups in total. The largest absolute Gasteiger partial charge is 0.480 e. The fourth-order valence-corrected chi connectivity index (χ4v) is 1.71. The number of carbonyl (C=O) groups is 3. The lowest BCUT2D eigenvalue weighted by Crippen LogP contribution is -2.48. The van der Waals surface area contributed by atoms with Gasteiger partial charge in [0.05, 0.1) is 6.42 Å². The SMILES string of the molecule is CCC1(CNC(=O)N[C@@H](CC(N)=O)C(=O)O)CC1. The van der Waals surface area contributed by atoms with Crippen LogP contribution in [0.25, 0.3) is 0 Å². The van der Waals surface area contributed by atoms with Crippen molar-refractivity contribution in [2.24, 2.45) is 11.1 Å². The molecular formula is C11H19N3O4. The lowest BCUT2D eigenvalue weighted by molar-refractivity contribution is -0.140. The molecular weight excluding hydrogens is 238 g/mol. The summed E-state index contributed by atoms with van der Waals surface area (Å²) < 4.78 is 0. The van der Waals surface area contributed by atoms with E-state index in [9.17, 15) is 14.4 Å². The fraction of sp³-hybridized carbons (Fsp3) is 0.727. The van der Waals surface area contributed by atoms with Crippen molar-refractivity contribution in [3.63, 3.8) is 0 Å². The van der Waals surface area contributed by atoms with E-state index in [0.29, 0.717) is 6.54 Å². The van der Waals surface area contributed by atoms with E-state index in [1.54, 1.807) is 0 Å². The molecule has 0 spiro atoms. The predicted octanol–water partition coefficient (Wildman–Crippen LogP) is -0.196. The first-order chi connectivity index (χ1) is 8.38. The van der Waals surface area contributed by atoms with Gasteiger partial charge in [-0.05, 0) is 24.7 Å². The predicted molar refractivity (Wildman–Crippen MR) is 63.7 cm³/mol. The Hall–Kier alpha value is -1.79. The Kier molecular flexibility index (Phi) is 4.52. The Morgan fingerprint density at radius 3 is 2.39 bits per heavy atom. The van der Waals surface area contributed by atoms with Crippen LogP contribution in [0.5, 0.6) is 0 Å². The molecule has 3 amide bonds. The van der Waals surface area contributed by atoms with E-state index in [2.05, 4.69) is 17.6 Å². The van der Waals surface area contributed by atoms with Crippen molar-refractivity contribution >= 4 is 17.9 Å².